The van der Waals surface area contributed by atoms with Crippen LogP contribution in [-0.2, 0) is 9.53 Å². The van der Waals surface area contributed by atoms with E-state index < -0.39 is 12.1 Å². The molecule has 23 heavy (non-hydrogen) atoms. The fourth-order valence-electron chi connectivity index (χ4n) is 2.25. The van der Waals surface area contributed by atoms with Gasteiger partial charge in [0.1, 0.15) is 5.82 Å². The molecule has 0 radical (unpaired) electrons. The maximum absolute atomic E-state index is 11.3. The van der Waals surface area contributed by atoms with Gasteiger partial charge < -0.3 is 20.1 Å². The number of carboxylic acid groups (broad SMARTS) is 1. The number of pyridine rings is 1. The highest BCUT2D eigenvalue weighted by molar-refractivity contribution is 6.33. The maximum Gasteiger partial charge on any atom is 0.407 e. The summed E-state index contributed by atoms with van der Waals surface area (Å²) in [6, 6.07) is 1.66. The summed E-state index contributed by atoms with van der Waals surface area (Å²) in [7, 11) is 0. The van der Waals surface area contributed by atoms with Gasteiger partial charge in [0.05, 0.1) is 11.6 Å². The van der Waals surface area contributed by atoms with E-state index in [0.29, 0.717) is 42.5 Å². The lowest BCUT2D eigenvalue weighted by molar-refractivity contribution is -0.137. The largest absolute Gasteiger partial charge is 0.465 e. The number of esters is 1. The zero-order valence-electron chi connectivity index (χ0n) is 12.7. The van der Waals surface area contributed by atoms with Crippen molar-refractivity contribution in [2.75, 3.05) is 25.0 Å². The van der Waals surface area contributed by atoms with Crippen molar-refractivity contribution in [1.82, 2.24) is 9.88 Å². The van der Waals surface area contributed by atoms with Gasteiger partial charge in [-0.2, -0.15) is 0 Å². The van der Waals surface area contributed by atoms with Gasteiger partial charge in [-0.05, 0) is 31.1 Å². The molecule has 8 heteroatoms. The van der Waals surface area contributed by atoms with Gasteiger partial charge in [-0.25, -0.2) is 14.6 Å². The van der Waals surface area contributed by atoms with E-state index >= 15 is 0 Å². The first-order valence-corrected chi connectivity index (χ1v) is 7.62. The molecule has 0 spiro atoms. The Bertz CT molecular complexity index is 621. The van der Waals surface area contributed by atoms with Crippen LogP contribution in [0, 0.1) is 0 Å². The highest BCUT2D eigenvalue weighted by Gasteiger charge is 2.26. The zero-order valence-corrected chi connectivity index (χ0v) is 13.4. The van der Waals surface area contributed by atoms with E-state index in [1.165, 1.54) is 11.0 Å². The quantitative estimate of drug-likeness (QED) is 0.632. The summed E-state index contributed by atoms with van der Waals surface area (Å²) in [6.45, 7) is 2.95. The number of ether oxygens (including phenoxy) is 1. The van der Waals surface area contributed by atoms with E-state index in [4.69, 9.17) is 21.4 Å². The van der Waals surface area contributed by atoms with E-state index in [-0.39, 0.29) is 6.04 Å². The number of carbonyl (C=O) groups is 2. The molecule has 1 atom stereocenters. The summed E-state index contributed by atoms with van der Waals surface area (Å²) in [5, 5.41) is 12.5. The number of hydrogen-bond donors (Lipinski definition) is 2. The van der Waals surface area contributed by atoms with Gasteiger partial charge in [0, 0.05) is 31.4 Å². The van der Waals surface area contributed by atoms with E-state index in [9.17, 15) is 9.59 Å². The molecule has 1 aliphatic rings. The van der Waals surface area contributed by atoms with Gasteiger partial charge in [0.25, 0.3) is 0 Å². The average molecular weight is 340 g/mol. The van der Waals surface area contributed by atoms with Crippen molar-refractivity contribution < 1.29 is 19.4 Å². The van der Waals surface area contributed by atoms with Crippen molar-refractivity contribution in [1.29, 1.82) is 0 Å². The molecule has 2 rings (SSSR count). The molecule has 0 saturated carbocycles. The van der Waals surface area contributed by atoms with Gasteiger partial charge in [-0.3, -0.25) is 0 Å². The molecule has 2 N–H and O–H groups in total. The van der Waals surface area contributed by atoms with Gasteiger partial charge in [0.2, 0.25) is 0 Å². The normalized spacial score (nSPS) is 17.5. The van der Waals surface area contributed by atoms with Gasteiger partial charge in [-0.1, -0.05) is 11.6 Å². The fourth-order valence-corrected chi connectivity index (χ4v) is 2.48. The molecule has 1 fully saturated rings. The van der Waals surface area contributed by atoms with Gasteiger partial charge in [-0.15, -0.1) is 0 Å². The molecule has 1 saturated heterocycles. The predicted octanol–water partition coefficient (Wildman–Crippen LogP) is 2.48. The first-order valence-electron chi connectivity index (χ1n) is 7.24. The van der Waals surface area contributed by atoms with Crippen molar-refractivity contribution in [3.63, 3.8) is 0 Å². The van der Waals surface area contributed by atoms with Crippen LogP contribution in [0.25, 0.3) is 6.08 Å². The summed E-state index contributed by atoms with van der Waals surface area (Å²) < 4.78 is 4.79. The molecule has 0 bridgehead atoms. The molecule has 0 aromatic carbocycles. The summed E-state index contributed by atoms with van der Waals surface area (Å²) >= 11 is 6.18. The fraction of sp³-hybridized carbons (Fsp3) is 0.400. The lowest BCUT2D eigenvalue weighted by Gasteiger charge is -2.15. The highest BCUT2D eigenvalue weighted by Crippen LogP contribution is 2.23. The van der Waals surface area contributed by atoms with Crippen LogP contribution in [0.15, 0.2) is 18.3 Å². The predicted molar refractivity (Wildman–Crippen MR) is 86.5 cm³/mol. The number of amides is 1. The number of rotatable bonds is 5. The Hall–Kier alpha value is -2.28. The number of anilines is 1. The maximum atomic E-state index is 11.3. The second kappa shape index (κ2) is 7.82. The smallest absolute Gasteiger partial charge is 0.407 e. The minimum Gasteiger partial charge on any atom is -0.465 e. The second-order valence-corrected chi connectivity index (χ2v) is 5.45. The van der Waals surface area contributed by atoms with Crippen LogP contribution in [0.5, 0.6) is 0 Å². The topological polar surface area (TPSA) is 91.8 Å². The molecular weight excluding hydrogens is 322 g/mol. The van der Waals surface area contributed by atoms with Crippen molar-refractivity contribution in [2.24, 2.45) is 0 Å². The molecular formula is C15H18ClN3O4. The Morgan fingerprint density at radius 3 is 3.00 bits per heavy atom. The van der Waals surface area contributed by atoms with Crippen LogP contribution in [0.1, 0.15) is 18.9 Å². The lowest BCUT2D eigenvalue weighted by Crippen LogP contribution is -2.30. The van der Waals surface area contributed by atoms with Crippen LogP contribution < -0.4 is 5.32 Å². The third kappa shape index (κ3) is 4.85. The number of nitrogens with one attached hydrogen (secondary N) is 1. The number of carbonyl (C=O) groups excluding carboxylic acids is 1. The number of nitrogens with zero attached hydrogens (tertiary/aromatic N) is 2. The van der Waals surface area contributed by atoms with Gasteiger partial charge in [0.15, 0.2) is 0 Å². The molecule has 7 nitrogen and oxygen atoms in total. The van der Waals surface area contributed by atoms with Crippen LogP contribution in [0.4, 0.5) is 10.6 Å². The summed E-state index contributed by atoms with van der Waals surface area (Å²) in [5.41, 5.74) is 0.673. The molecule has 2 heterocycles. The number of likely N-dealkylation sites (tertiary alicyclic amines) is 1. The molecule has 0 aliphatic carbocycles. The number of hydrogen-bond acceptors (Lipinski definition) is 5. The lowest BCUT2D eigenvalue weighted by atomic mass is 10.2. The molecule has 1 amide bonds. The minimum absolute atomic E-state index is 0.0166. The zero-order chi connectivity index (χ0) is 16.8. The highest BCUT2D eigenvalue weighted by atomic mass is 35.5. The minimum atomic E-state index is -0.923. The first kappa shape index (κ1) is 17.1. The van der Waals surface area contributed by atoms with E-state index in [0.717, 1.165) is 0 Å². The number of halogens is 1. The average Bonchev–Trinajstić information content (AvgIpc) is 2.97. The van der Waals surface area contributed by atoms with Crippen LogP contribution in [0.2, 0.25) is 5.02 Å². The third-order valence-corrected chi connectivity index (χ3v) is 3.65. The Labute approximate surface area is 138 Å². The van der Waals surface area contributed by atoms with Crippen LogP contribution in [-0.4, -0.2) is 52.8 Å². The van der Waals surface area contributed by atoms with E-state index in [1.54, 1.807) is 25.3 Å². The monoisotopic (exact) mass is 339 g/mol. The van der Waals surface area contributed by atoms with Crippen molar-refractivity contribution in [2.45, 2.75) is 19.4 Å². The summed E-state index contributed by atoms with van der Waals surface area (Å²) in [5.74, 6) is 0.0720. The molecule has 1 aliphatic heterocycles. The SMILES string of the molecule is CCOC(=O)C=Cc1cnc(N[C@@H]2CCN(C(=O)O)C2)c(Cl)c1. The van der Waals surface area contributed by atoms with Crippen molar-refractivity contribution in [3.05, 3.63) is 28.9 Å². The van der Waals surface area contributed by atoms with Crippen molar-refractivity contribution in [3.8, 4) is 0 Å². The molecule has 124 valence electrons. The standard InChI is InChI=1S/C15H18ClN3O4/c1-2-23-13(20)4-3-10-7-12(16)14(17-8-10)18-11-5-6-19(9-11)15(21)22/h3-4,7-8,11H,2,5-6,9H2,1H3,(H,17,18)(H,21,22)/t11-/m1/s1. The first-order chi connectivity index (χ1) is 11.0. The van der Waals surface area contributed by atoms with E-state index in [1.807, 2.05) is 0 Å². The Morgan fingerprint density at radius 1 is 1.61 bits per heavy atom. The molecule has 0 unspecified atom stereocenters. The van der Waals surface area contributed by atoms with Gasteiger partial charge >= 0.3 is 12.1 Å². The van der Waals surface area contributed by atoms with E-state index in [2.05, 4.69) is 10.3 Å². The summed E-state index contributed by atoms with van der Waals surface area (Å²) in [6.07, 6.45) is 4.24. The second-order valence-electron chi connectivity index (χ2n) is 5.04. The Kier molecular flexibility index (Phi) is 5.81. The molecule has 1 aromatic rings. The number of aromatic nitrogens is 1. The molecule has 1 aromatic heterocycles. The van der Waals surface area contributed by atoms with Crippen LogP contribution >= 0.6 is 11.6 Å². The Balaban J connectivity index is 1.97. The Morgan fingerprint density at radius 2 is 2.39 bits per heavy atom. The van der Waals surface area contributed by atoms with Crippen molar-refractivity contribution >= 4 is 35.6 Å². The summed E-state index contributed by atoms with van der Waals surface area (Å²) in [4.78, 5) is 27.7. The van der Waals surface area contributed by atoms with Crippen LogP contribution in [0.3, 0.4) is 0 Å². The third-order valence-electron chi connectivity index (χ3n) is 3.36.